The number of aromatic nitrogens is 1. The van der Waals surface area contributed by atoms with Gasteiger partial charge in [-0.2, -0.15) is 0 Å². The molecule has 0 unspecified atom stereocenters. The Labute approximate surface area is 195 Å². The number of rotatable bonds is 5. The number of hydrogen-bond acceptors (Lipinski definition) is 6. The normalized spacial score (nSPS) is 13.0. The van der Waals surface area contributed by atoms with Gasteiger partial charge in [0.25, 0.3) is 5.91 Å². The first-order valence-corrected chi connectivity index (χ1v) is 12.4. The summed E-state index contributed by atoms with van der Waals surface area (Å²) in [5.74, 6) is 0.103. The fraction of sp³-hybridized carbons (Fsp3) is 0.0909. The maximum absolute atomic E-state index is 12.1. The Hall–Kier alpha value is -2.13. The third-order valence-electron chi connectivity index (χ3n) is 4.82. The van der Waals surface area contributed by atoms with Crippen molar-refractivity contribution in [2.24, 2.45) is 0 Å². The monoisotopic (exact) mass is 513 g/mol. The van der Waals surface area contributed by atoms with Gasteiger partial charge in [0.2, 0.25) is 0 Å². The van der Waals surface area contributed by atoms with Crippen molar-refractivity contribution in [3.63, 3.8) is 0 Å². The van der Waals surface area contributed by atoms with Crippen LogP contribution in [0.15, 0.2) is 68.9 Å². The second-order valence-electron chi connectivity index (χ2n) is 6.92. The summed E-state index contributed by atoms with van der Waals surface area (Å²) in [6.45, 7) is 0.677. The van der Waals surface area contributed by atoms with Gasteiger partial charge in [-0.3, -0.25) is 9.78 Å². The molecule has 0 fully saturated rings. The van der Waals surface area contributed by atoms with Crippen molar-refractivity contribution >= 4 is 62.1 Å². The molecule has 0 aliphatic carbocycles. The number of thiophene rings is 2. The summed E-state index contributed by atoms with van der Waals surface area (Å²) in [5.41, 5.74) is 5.11. The highest BCUT2D eigenvalue weighted by atomic mass is 79.9. The maximum atomic E-state index is 12.1. The third kappa shape index (κ3) is 3.92. The van der Waals surface area contributed by atoms with Crippen LogP contribution in [0.3, 0.4) is 0 Å². The van der Waals surface area contributed by atoms with Gasteiger partial charge in [0.15, 0.2) is 0 Å². The van der Waals surface area contributed by atoms with E-state index in [2.05, 4.69) is 56.0 Å². The van der Waals surface area contributed by atoms with Gasteiger partial charge in [-0.1, -0.05) is 6.07 Å². The zero-order valence-electron chi connectivity index (χ0n) is 15.9. The van der Waals surface area contributed by atoms with Crippen molar-refractivity contribution in [3.05, 3.63) is 75.8 Å². The van der Waals surface area contributed by atoms with E-state index in [0.29, 0.717) is 6.54 Å². The lowest BCUT2D eigenvalue weighted by Crippen LogP contribution is -2.17. The van der Waals surface area contributed by atoms with Gasteiger partial charge in [0.1, 0.15) is 0 Å². The molecule has 4 heterocycles. The first-order chi connectivity index (χ1) is 14.6. The van der Waals surface area contributed by atoms with E-state index in [0.717, 1.165) is 31.7 Å². The van der Waals surface area contributed by atoms with Gasteiger partial charge in [-0.15, -0.1) is 22.7 Å². The predicted molar refractivity (Wildman–Crippen MR) is 130 cm³/mol. The molecule has 0 spiro atoms. The lowest BCUT2D eigenvalue weighted by molar-refractivity contribution is 0.0816. The quantitative estimate of drug-likeness (QED) is 0.291. The molecule has 0 atom stereocenters. The zero-order valence-corrected chi connectivity index (χ0v) is 19.9. The van der Waals surface area contributed by atoms with Crippen molar-refractivity contribution in [2.45, 2.75) is 10.8 Å². The molecular weight excluding hydrogens is 498 g/mol. The average molecular weight is 514 g/mol. The Morgan fingerprint density at radius 2 is 1.87 bits per heavy atom. The van der Waals surface area contributed by atoms with Crippen LogP contribution in [0.5, 0.6) is 0 Å². The Balaban J connectivity index is 1.36. The summed E-state index contributed by atoms with van der Waals surface area (Å²) < 4.78 is 5.68. The number of amides is 1. The second-order valence-corrected chi connectivity index (χ2v) is 11.6. The number of nitrogens with one attached hydrogen (secondary N) is 1. The minimum absolute atomic E-state index is 0.103. The highest BCUT2D eigenvalue weighted by molar-refractivity contribution is 9.11. The molecule has 1 aliphatic heterocycles. The van der Waals surface area contributed by atoms with E-state index in [-0.39, 0.29) is 5.91 Å². The molecule has 0 bridgehead atoms. The second kappa shape index (κ2) is 8.19. The number of pyridine rings is 1. The zero-order chi connectivity index (χ0) is 20.7. The topological polar surface area (TPSA) is 45.2 Å². The third-order valence-corrected chi connectivity index (χ3v) is 8.60. The van der Waals surface area contributed by atoms with Gasteiger partial charge >= 0.3 is 0 Å². The molecular formula is C22H16BrN3OS3. The van der Waals surface area contributed by atoms with Crippen LogP contribution in [-0.2, 0) is 6.54 Å². The summed E-state index contributed by atoms with van der Waals surface area (Å²) in [5, 5.41) is 0. The number of nitrogens with zero attached hydrogens (tertiary/aromatic N) is 2. The van der Waals surface area contributed by atoms with Crippen LogP contribution in [0, 0.1) is 0 Å². The van der Waals surface area contributed by atoms with Crippen molar-refractivity contribution in [2.75, 3.05) is 11.8 Å². The first kappa shape index (κ1) is 19.8. The summed E-state index contributed by atoms with van der Waals surface area (Å²) in [7, 11) is 1.84. The number of carbonyl (C=O) groups is 1. The predicted octanol–water partition coefficient (Wildman–Crippen LogP) is 7.01. The van der Waals surface area contributed by atoms with Crippen LogP contribution < -0.4 is 4.72 Å². The molecule has 1 aliphatic rings. The molecule has 0 saturated heterocycles. The molecule has 5 rings (SSSR count). The van der Waals surface area contributed by atoms with Gasteiger partial charge in [0.05, 0.1) is 19.9 Å². The molecule has 30 heavy (non-hydrogen) atoms. The van der Waals surface area contributed by atoms with Gasteiger partial charge in [0, 0.05) is 40.7 Å². The first-order valence-electron chi connectivity index (χ1n) is 9.19. The summed E-state index contributed by atoms with van der Waals surface area (Å²) >= 11 is 8.50. The highest BCUT2D eigenvalue weighted by Gasteiger charge is 2.24. The van der Waals surface area contributed by atoms with Crippen molar-refractivity contribution in [1.82, 2.24) is 9.88 Å². The van der Waals surface area contributed by atoms with E-state index in [4.69, 9.17) is 0 Å². The van der Waals surface area contributed by atoms with E-state index in [1.165, 1.54) is 14.0 Å². The van der Waals surface area contributed by atoms with Crippen LogP contribution >= 0.6 is 50.6 Å². The lowest BCUT2D eigenvalue weighted by atomic mass is 10.1. The van der Waals surface area contributed by atoms with Crippen LogP contribution in [0.4, 0.5) is 5.69 Å². The van der Waals surface area contributed by atoms with E-state index < -0.39 is 0 Å². The fourth-order valence-electron chi connectivity index (χ4n) is 3.36. The molecule has 4 nitrogen and oxygen atoms in total. The van der Waals surface area contributed by atoms with Gasteiger partial charge < -0.3 is 9.62 Å². The fourth-order valence-corrected chi connectivity index (χ4v) is 6.81. The molecule has 150 valence electrons. The largest absolute Gasteiger partial charge is 0.337 e. The Morgan fingerprint density at radius 3 is 2.67 bits per heavy atom. The summed E-state index contributed by atoms with van der Waals surface area (Å²) in [6, 6.07) is 16.6. The van der Waals surface area contributed by atoms with Crippen molar-refractivity contribution < 1.29 is 4.79 Å². The molecule has 3 aromatic heterocycles. The number of carbonyl (C=O) groups excluding carboxylic acids is 1. The molecule has 1 amide bonds. The molecule has 1 aromatic carbocycles. The van der Waals surface area contributed by atoms with Crippen molar-refractivity contribution in [3.8, 4) is 20.9 Å². The molecule has 0 saturated carbocycles. The Morgan fingerprint density at radius 1 is 1.03 bits per heavy atom. The molecule has 4 aromatic rings. The highest BCUT2D eigenvalue weighted by Crippen LogP contribution is 2.37. The van der Waals surface area contributed by atoms with Crippen molar-refractivity contribution in [1.29, 1.82) is 0 Å². The molecule has 8 heteroatoms. The molecule has 0 radical (unpaired) electrons. The van der Waals surface area contributed by atoms with Crippen LogP contribution in [0.2, 0.25) is 0 Å². The SMILES string of the molecule is CN1Cc2cc(-c3ccc(-c4cncc(NSc5ccc(Br)s5)c4)s3)ccc2C1=O. The minimum Gasteiger partial charge on any atom is -0.337 e. The van der Waals surface area contributed by atoms with E-state index in [1.807, 2.05) is 37.6 Å². The van der Waals surface area contributed by atoms with E-state index >= 15 is 0 Å². The van der Waals surface area contributed by atoms with Crippen LogP contribution in [0.25, 0.3) is 20.9 Å². The van der Waals surface area contributed by atoms with Crippen LogP contribution in [0.1, 0.15) is 15.9 Å². The number of hydrogen-bond donors (Lipinski definition) is 1. The number of halogens is 1. The van der Waals surface area contributed by atoms with E-state index in [9.17, 15) is 4.79 Å². The van der Waals surface area contributed by atoms with Gasteiger partial charge in [-0.05, 0) is 81.5 Å². The summed E-state index contributed by atoms with van der Waals surface area (Å²) in [6.07, 6.45) is 3.73. The maximum Gasteiger partial charge on any atom is 0.254 e. The number of benzene rings is 1. The summed E-state index contributed by atoms with van der Waals surface area (Å²) in [4.78, 5) is 20.6. The smallest absolute Gasteiger partial charge is 0.254 e. The minimum atomic E-state index is 0.103. The van der Waals surface area contributed by atoms with E-state index in [1.54, 1.807) is 39.5 Å². The Kier molecular flexibility index (Phi) is 5.41. The number of fused-ring (bicyclic) bond motifs is 1. The Bertz CT molecular complexity index is 1250. The van der Waals surface area contributed by atoms with Crippen LogP contribution in [-0.4, -0.2) is 22.8 Å². The molecule has 1 N–H and O–H groups in total. The number of anilines is 1. The lowest BCUT2D eigenvalue weighted by Gasteiger charge is -2.05. The standard InChI is InChI=1S/C22H16BrN3OS3/c1-26-12-15-8-13(2-3-17(15)22(26)27)18-4-5-19(28-18)14-9-16(11-24-10-14)25-30-21-7-6-20(23)29-21/h2-11,25H,12H2,1H3. The average Bonchev–Trinajstić information content (AvgIpc) is 3.47. The van der Waals surface area contributed by atoms with Gasteiger partial charge in [-0.25, -0.2) is 0 Å².